The second kappa shape index (κ2) is 8.22. The van der Waals surface area contributed by atoms with E-state index in [9.17, 15) is 9.59 Å². The van der Waals surface area contributed by atoms with Crippen LogP contribution in [-0.4, -0.2) is 24.8 Å². The van der Waals surface area contributed by atoms with E-state index < -0.39 is 17.7 Å². The number of esters is 1. The fourth-order valence-electron chi connectivity index (χ4n) is 1.74. The Balaban J connectivity index is 2.65. The molecule has 22 heavy (non-hydrogen) atoms. The summed E-state index contributed by atoms with van der Waals surface area (Å²) in [5.74, 6) is -0.598. The van der Waals surface area contributed by atoms with Crippen molar-refractivity contribution in [2.75, 3.05) is 7.11 Å². The summed E-state index contributed by atoms with van der Waals surface area (Å²) in [4.78, 5) is 23.4. The number of rotatable bonds is 5. The third-order valence-corrected chi connectivity index (χ3v) is 2.67. The minimum Gasteiger partial charge on any atom is -0.464 e. The van der Waals surface area contributed by atoms with E-state index in [4.69, 9.17) is 4.74 Å². The number of methoxy groups -OCH3 is 1. The molecule has 0 aromatic heterocycles. The van der Waals surface area contributed by atoms with Crippen LogP contribution in [0, 0.1) is 0 Å². The molecule has 0 unspecified atom stereocenters. The average molecular weight is 305 g/mol. The number of carbonyl (C=O) groups is 2. The molecule has 0 aliphatic rings. The highest BCUT2D eigenvalue weighted by Crippen LogP contribution is 2.09. The van der Waals surface area contributed by atoms with E-state index in [0.717, 1.165) is 12.0 Å². The minimum atomic E-state index is -0.677. The molecule has 0 radical (unpaired) electrons. The van der Waals surface area contributed by atoms with Crippen molar-refractivity contribution in [1.29, 1.82) is 0 Å². The normalized spacial score (nSPS) is 11.7. The van der Waals surface area contributed by atoms with Crippen LogP contribution < -0.4 is 5.32 Å². The Kier molecular flexibility index (Phi) is 6.63. The van der Waals surface area contributed by atoms with Gasteiger partial charge in [-0.3, -0.25) is 5.32 Å². The first-order chi connectivity index (χ1) is 10.3. The lowest BCUT2D eigenvalue weighted by atomic mass is 10.1. The SMILES string of the molecule is COC(=O)/C(=C/CCc1ccccc1)NC(=O)OC(C)(C)C. The number of ether oxygens (including phenoxy) is 2. The minimum absolute atomic E-state index is 0.0904. The van der Waals surface area contributed by atoms with Gasteiger partial charge in [0.05, 0.1) is 7.11 Å². The van der Waals surface area contributed by atoms with Gasteiger partial charge in [0.2, 0.25) is 0 Å². The van der Waals surface area contributed by atoms with Gasteiger partial charge in [0.1, 0.15) is 11.3 Å². The number of amides is 1. The lowest BCUT2D eigenvalue weighted by Gasteiger charge is -2.20. The molecule has 1 amide bonds. The van der Waals surface area contributed by atoms with Crippen molar-refractivity contribution in [3.63, 3.8) is 0 Å². The Morgan fingerprint density at radius 3 is 2.36 bits per heavy atom. The molecule has 0 saturated heterocycles. The number of alkyl carbamates (subject to hydrolysis) is 1. The van der Waals surface area contributed by atoms with Crippen molar-refractivity contribution in [2.24, 2.45) is 0 Å². The Morgan fingerprint density at radius 1 is 1.18 bits per heavy atom. The zero-order chi connectivity index (χ0) is 16.6. The molecule has 0 heterocycles. The number of aryl methyl sites for hydroxylation is 1. The van der Waals surface area contributed by atoms with Crippen LogP contribution in [0.15, 0.2) is 42.1 Å². The van der Waals surface area contributed by atoms with Crippen LogP contribution >= 0.6 is 0 Å². The lowest BCUT2D eigenvalue weighted by molar-refractivity contribution is -0.136. The summed E-state index contributed by atoms with van der Waals surface area (Å²) >= 11 is 0. The zero-order valence-electron chi connectivity index (χ0n) is 13.5. The molecule has 1 N–H and O–H groups in total. The maximum absolute atomic E-state index is 11.7. The van der Waals surface area contributed by atoms with Crippen LogP contribution in [0.4, 0.5) is 4.79 Å². The molecule has 5 heteroatoms. The van der Waals surface area contributed by atoms with Crippen LogP contribution in [0.3, 0.4) is 0 Å². The van der Waals surface area contributed by atoms with Gasteiger partial charge in [-0.05, 0) is 39.2 Å². The summed E-state index contributed by atoms with van der Waals surface area (Å²) in [7, 11) is 1.27. The molecule has 5 nitrogen and oxygen atoms in total. The highest BCUT2D eigenvalue weighted by molar-refractivity contribution is 5.92. The predicted molar refractivity (Wildman–Crippen MR) is 84.2 cm³/mol. The fourth-order valence-corrected chi connectivity index (χ4v) is 1.74. The van der Waals surface area contributed by atoms with E-state index in [0.29, 0.717) is 6.42 Å². The quantitative estimate of drug-likeness (QED) is 0.670. The Bertz CT molecular complexity index is 529. The molecule has 1 aromatic rings. The van der Waals surface area contributed by atoms with Crippen molar-refractivity contribution in [2.45, 2.75) is 39.2 Å². The van der Waals surface area contributed by atoms with E-state index in [2.05, 4.69) is 10.1 Å². The molecule has 0 bridgehead atoms. The standard InChI is InChI=1S/C17H23NO4/c1-17(2,3)22-16(20)18-14(15(19)21-4)12-8-11-13-9-6-5-7-10-13/h5-7,9-10,12H,8,11H2,1-4H3,(H,18,20)/b14-12-. The van der Waals surface area contributed by atoms with E-state index in [1.54, 1.807) is 26.8 Å². The average Bonchev–Trinajstić information content (AvgIpc) is 2.44. The largest absolute Gasteiger partial charge is 0.464 e. The van der Waals surface area contributed by atoms with Gasteiger partial charge in [0, 0.05) is 0 Å². The van der Waals surface area contributed by atoms with E-state index in [1.165, 1.54) is 7.11 Å². The molecule has 0 atom stereocenters. The summed E-state index contributed by atoms with van der Waals surface area (Å²) < 4.78 is 9.80. The van der Waals surface area contributed by atoms with Crippen LogP contribution in [0.1, 0.15) is 32.8 Å². The Morgan fingerprint density at radius 2 is 1.82 bits per heavy atom. The maximum Gasteiger partial charge on any atom is 0.412 e. The smallest absolute Gasteiger partial charge is 0.412 e. The number of nitrogens with one attached hydrogen (secondary N) is 1. The Labute approximate surface area is 131 Å². The van der Waals surface area contributed by atoms with Gasteiger partial charge < -0.3 is 9.47 Å². The first-order valence-corrected chi connectivity index (χ1v) is 7.14. The highest BCUT2D eigenvalue weighted by atomic mass is 16.6. The predicted octanol–water partition coefficient (Wildman–Crippen LogP) is 3.20. The molecule has 120 valence electrons. The van der Waals surface area contributed by atoms with Gasteiger partial charge in [0.25, 0.3) is 0 Å². The van der Waals surface area contributed by atoms with Crippen molar-refractivity contribution >= 4 is 12.1 Å². The molecular weight excluding hydrogens is 282 g/mol. The topological polar surface area (TPSA) is 64.6 Å². The fraction of sp³-hybridized carbons (Fsp3) is 0.412. The van der Waals surface area contributed by atoms with Gasteiger partial charge in [-0.2, -0.15) is 0 Å². The Hall–Kier alpha value is -2.30. The van der Waals surface area contributed by atoms with Crippen molar-refractivity contribution in [3.8, 4) is 0 Å². The number of benzene rings is 1. The summed E-state index contributed by atoms with van der Waals surface area (Å²) in [6.45, 7) is 5.26. The van der Waals surface area contributed by atoms with Crippen molar-refractivity contribution in [1.82, 2.24) is 5.32 Å². The second-order valence-corrected chi connectivity index (χ2v) is 5.76. The molecule has 0 fully saturated rings. The van der Waals surface area contributed by atoms with Gasteiger partial charge in [-0.15, -0.1) is 0 Å². The summed E-state index contributed by atoms with van der Waals surface area (Å²) in [6, 6.07) is 9.88. The lowest BCUT2D eigenvalue weighted by Crippen LogP contribution is -2.34. The third-order valence-electron chi connectivity index (χ3n) is 2.67. The van der Waals surface area contributed by atoms with Gasteiger partial charge in [-0.25, -0.2) is 9.59 Å². The molecule has 0 saturated carbocycles. The molecule has 0 aliphatic heterocycles. The monoisotopic (exact) mass is 305 g/mol. The first-order valence-electron chi connectivity index (χ1n) is 7.14. The zero-order valence-corrected chi connectivity index (χ0v) is 13.5. The maximum atomic E-state index is 11.7. The molecule has 1 rings (SSSR count). The van der Waals surface area contributed by atoms with E-state index in [-0.39, 0.29) is 5.70 Å². The van der Waals surface area contributed by atoms with E-state index >= 15 is 0 Å². The van der Waals surface area contributed by atoms with Gasteiger partial charge in [-0.1, -0.05) is 36.4 Å². The number of carbonyl (C=O) groups excluding carboxylic acids is 2. The van der Waals surface area contributed by atoms with Crippen molar-refractivity contribution in [3.05, 3.63) is 47.7 Å². The molecular formula is C17H23NO4. The second-order valence-electron chi connectivity index (χ2n) is 5.76. The summed E-state index contributed by atoms with van der Waals surface area (Å²) in [6.07, 6.45) is 2.33. The number of hydrogen-bond acceptors (Lipinski definition) is 4. The highest BCUT2D eigenvalue weighted by Gasteiger charge is 2.19. The van der Waals surface area contributed by atoms with E-state index in [1.807, 2.05) is 30.3 Å². The molecule has 0 spiro atoms. The molecule has 1 aromatic carbocycles. The summed E-state index contributed by atoms with van der Waals surface area (Å²) in [5, 5.41) is 2.44. The van der Waals surface area contributed by atoms with Crippen LogP contribution in [0.25, 0.3) is 0 Å². The number of hydrogen-bond donors (Lipinski definition) is 1. The first kappa shape index (κ1) is 17.8. The van der Waals surface area contributed by atoms with Crippen LogP contribution in [-0.2, 0) is 20.7 Å². The number of allylic oxidation sites excluding steroid dienone is 1. The van der Waals surface area contributed by atoms with Crippen LogP contribution in [0.5, 0.6) is 0 Å². The van der Waals surface area contributed by atoms with Crippen LogP contribution in [0.2, 0.25) is 0 Å². The van der Waals surface area contributed by atoms with Gasteiger partial charge in [0.15, 0.2) is 0 Å². The third kappa shape index (κ3) is 6.92. The summed E-state index contributed by atoms with van der Waals surface area (Å²) in [5.41, 5.74) is 0.614. The van der Waals surface area contributed by atoms with Gasteiger partial charge >= 0.3 is 12.1 Å². The van der Waals surface area contributed by atoms with Crippen molar-refractivity contribution < 1.29 is 19.1 Å². The molecule has 0 aliphatic carbocycles.